The number of ether oxygens (including phenoxy) is 1. The molecule has 140 valence electrons. The first-order chi connectivity index (χ1) is 13.1. The Kier molecular flexibility index (Phi) is 6.53. The summed E-state index contributed by atoms with van der Waals surface area (Å²) in [6.45, 7) is 6.27. The zero-order valence-electron chi connectivity index (χ0n) is 14.8. The smallest absolute Gasteiger partial charge is 0.191 e. The van der Waals surface area contributed by atoms with Crippen LogP contribution in [-0.4, -0.2) is 14.8 Å². The summed E-state index contributed by atoms with van der Waals surface area (Å²) in [6.07, 6.45) is 1.45. The third-order valence-corrected chi connectivity index (χ3v) is 5.08. The topological polar surface area (TPSA) is 39.9 Å². The molecule has 4 nitrogen and oxygen atoms in total. The molecular weight excluding hydrogens is 385 g/mol. The number of hydrogen-bond donors (Lipinski definition) is 0. The first kappa shape index (κ1) is 19.5. The van der Waals surface area contributed by atoms with Crippen LogP contribution in [0.2, 0.25) is 5.02 Å². The van der Waals surface area contributed by atoms with Crippen molar-refractivity contribution in [3.8, 4) is 5.75 Å². The number of nitrogens with zero attached hydrogens (tertiary/aromatic N) is 3. The molecule has 3 aromatic rings. The van der Waals surface area contributed by atoms with Gasteiger partial charge in [-0.25, -0.2) is 4.39 Å². The molecule has 0 N–H and O–H groups in total. The van der Waals surface area contributed by atoms with Gasteiger partial charge in [0.25, 0.3) is 0 Å². The van der Waals surface area contributed by atoms with Gasteiger partial charge in [-0.3, -0.25) is 4.57 Å². The van der Waals surface area contributed by atoms with Crippen molar-refractivity contribution in [3.05, 3.63) is 83.4 Å². The molecule has 0 aliphatic carbocycles. The maximum atomic E-state index is 13.1. The van der Waals surface area contributed by atoms with Crippen LogP contribution < -0.4 is 4.74 Å². The second-order valence-corrected chi connectivity index (χ2v) is 7.25. The highest BCUT2D eigenvalue weighted by Gasteiger charge is 2.19. The van der Waals surface area contributed by atoms with E-state index < -0.39 is 0 Å². The van der Waals surface area contributed by atoms with E-state index in [4.69, 9.17) is 16.3 Å². The molecule has 0 aliphatic rings. The van der Waals surface area contributed by atoms with Crippen LogP contribution in [0, 0.1) is 5.82 Å². The number of benzene rings is 2. The Morgan fingerprint density at radius 1 is 1.26 bits per heavy atom. The lowest BCUT2D eigenvalue weighted by Gasteiger charge is -2.15. The van der Waals surface area contributed by atoms with Crippen molar-refractivity contribution in [2.45, 2.75) is 30.5 Å². The SMILES string of the molecule is C=CCn1c(SCc2cccc(Cl)c2)nnc1C(C)Oc1ccc(F)cc1. The van der Waals surface area contributed by atoms with Gasteiger partial charge >= 0.3 is 0 Å². The Bertz CT molecular complexity index is 914. The molecule has 1 unspecified atom stereocenters. The molecule has 0 radical (unpaired) electrons. The second kappa shape index (κ2) is 9.06. The molecule has 0 bridgehead atoms. The maximum Gasteiger partial charge on any atom is 0.191 e. The summed E-state index contributed by atoms with van der Waals surface area (Å²) in [7, 11) is 0. The standard InChI is InChI=1S/C20H19ClFN3OS/c1-3-11-25-19(14(2)26-18-9-7-17(22)8-10-18)23-24-20(25)27-13-15-5-4-6-16(21)12-15/h3-10,12,14H,1,11,13H2,2H3. The molecule has 0 aliphatic heterocycles. The average molecular weight is 404 g/mol. The van der Waals surface area contributed by atoms with Crippen molar-refractivity contribution in [2.75, 3.05) is 0 Å². The lowest BCUT2D eigenvalue weighted by atomic mass is 10.2. The van der Waals surface area contributed by atoms with Crippen LogP contribution in [-0.2, 0) is 12.3 Å². The third-order valence-electron chi connectivity index (χ3n) is 3.80. The molecule has 1 aromatic heterocycles. The zero-order chi connectivity index (χ0) is 19.2. The largest absolute Gasteiger partial charge is 0.483 e. The predicted octanol–water partition coefficient (Wildman–Crippen LogP) is 5.69. The normalized spacial score (nSPS) is 12.0. The summed E-state index contributed by atoms with van der Waals surface area (Å²) < 4.78 is 20.9. The Morgan fingerprint density at radius 3 is 2.74 bits per heavy atom. The van der Waals surface area contributed by atoms with Crippen molar-refractivity contribution in [1.29, 1.82) is 0 Å². The van der Waals surface area contributed by atoms with E-state index in [2.05, 4.69) is 16.8 Å². The first-order valence-corrected chi connectivity index (χ1v) is 9.76. The minimum absolute atomic E-state index is 0.301. The van der Waals surface area contributed by atoms with E-state index in [1.165, 1.54) is 12.1 Å². The number of rotatable bonds is 8. The molecule has 3 rings (SSSR count). The Balaban J connectivity index is 1.75. The quantitative estimate of drug-likeness (QED) is 0.358. The van der Waals surface area contributed by atoms with E-state index in [0.29, 0.717) is 23.1 Å². The van der Waals surface area contributed by atoms with Crippen LogP contribution in [0.1, 0.15) is 24.4 Å². The fourth-order valence-corrected chi connectivity index (χ4v) is 3.66. The molecule has 0 saturated carbocycles. The van der Waals surface area contributed by atoms with E-state index >= 15 is 0 Å². The molecule has 2 aromatic carbocycles. The van der Waals surface area contributed by atoms with E-state index in [9.17, 15) is 4.39 Å². The highest BCUT2D eigenvalue weighted by atomic mass is 35.5. The summed E-state index contributed by atoms with van der Waals surface area (Å²) in [5.41, 5.74) is 1.11. The highest BCUT2D eigenvalue weighted by Crippen LogP contribution is 2.27. The summed E-state index contributed by atoms with van der Waals surface area (Å²) in [5, 5.41) is 10.1. The first-order valence-electron chi connectivity index (χ1n) is 8.40. The van der Waals surface area contributed by atoms with E-state index in [-0.39, 0.29) is 11.9 Å². The molecule has 1 atom stereocenters. The number of halogens is 2. The van der Waals surface area contributed by atoms with Crippen molar-refractivity contribution in [1.82, 2.24) is 14.8 Å². The molecule has 7 heteroatoms. The molecular formula is C20H19ClFN3OS. The fourth-order valence-electron chi connectivity index (χ4n) is 2.55. The Labute approximate surface area is 167 Å². The Hall–Kier alpha value is -2.31. The summed E-state index contributed by atoms with van der Waals surface area (Å²) in [4.78, 5) is 0. The third kappa shape index (κ3) is 5.11. The maximum absolute atomic E-state index is 13.1. The van der Waals surface area contributed by atoms with Gasteiger partial charge in [-0.1, -0.05) is 41.6 Å². The van der Waals surface area contributed by atoms with Crippen molar-refractivity contribution < 1.29 is 9.13 Å². The molecule has 1 heterocycles. The fraction of sp³-hybridized carbons (Fsp3) is 0.200. The van der Waals surface area contributed by atoms with Gasteiger partial charge in [0.2, 0.25) is 0 Å². The van der Waals surface area contributed by atoms with Gasteiger partial charge in [0.05, 0.1) is 0 Å². The minimum Gasteiger partial charge on any atom is -0.483 e. The van der Waals surface area contributed by atoms with Crippen molar-refractivity contribution in [3.63, 3.8) is 0 Å². The molecule has 0 saturated heterocycles. The zero-order valence-corrected chi connectivity index (χ0v) is 16.4. The van der Waals surface area contributed by atoms with Crippen LogP contribution in [0.3, 0.4) is 0 Å². The second-order valence-electron chi connectivity index (χ2n) is 5.87. The molecule has 27 heavy (non-hydrogen) atoms. The lowest BCUT2D eigenvalue weighted by Crippen LogP contribution is -2.12. The van der Waals surface area contributed by atoms with E-state index in [0.717, 1.165) is 16.5 Å². The van der Waals surface area contributed by atoms with Crippen LogP contribution >= 0.6 is 23.4 Å². The van der Waals surface area contributed by atoms with E-state index in [1.54, 1.807) is 30.0 Å². The van der Waals surface area contributed by atoms with E-state index in [1.807, 2.05) is 35.8 Å². The number of hydrogen-bond acceptors (Lipinski definition) is 4. The summed E-state index contributed by atoms with van der Waals surface area (Å²) in [6, 6.07) is 13.6. The highest BCUT2D eigenvalue weighted by molar-refractivity contribution is 7.98. The van der Waals surface area contributed by atoms with Gasteiger partial charge in [-0.05, 0) is 48.9 Å². The summed E-state index contributed by atoms with van der Waals surface area (Å²) >= 11 is 7.62. The van der Waals surface area contributed by atoms with Crippen molar-refractivity contribution >= 4 is 23.4 Å². The van der Waals surface area contributed by atoms with Crippen LogP contribution in [0.5, 0.6) is 5.75 Å². The van der Waals surface area contributed by atoms with Gasteiger partial charge < -0.3 is 4.74 Å². The molecule has 0 fully saturated rings. The number of aromatic nitrogens is 3. The van der Waals surface area contributed by atoms with Crippen LogP contribution in [0.15, 0.2) is 66.3 Å². The number of thioether (sulfide) groups is 1. The summed E-state index contributed by atoms with van der Waals surface area (Å²) in [5.74, 6) is 1.69. The molecule has 0 spiro atoms. The van der Waals surface area contributed by atoms with Gasteiger partial charge in [-0.2, -0.15) is 0 Å². The predicted molar refractivity (Wildman–Crippen MR) is 107 cm³/mol. The van der Waals surface area contributed by atoms with Gasteiger partial charge in [0.15, 0.2) is 17.1 Å². The van der Waals surface area contributed by atoms with Gasteiger partial charge in [0.1, 0.15) is 11.6 Å². The molecule has 0 amide bonds. The van der Waals surface area contributed by atoms with Crippen LogP contribution in [0.25, 0.3) is 0 Å². The number of allylic oxidation sites excluding steroid dienone is 1. The lowest BCUT2D eigenvalue weighted by molar-refractivity contribution is 0.210. The van der Waals surface area contributed by atoms with Crippen LogP contribution in [0.4, 0.5) is 4.39 Å². The minimum atomic E-state index is -0.344. The average Bonchev–Trinajstić information content (AvgIpc) is 3.05. The Morgan fingerprint density at radius 2 is 2.04 bits per heavy atom. The van der Waals surface area contributed by atoms with Gasteiger partial charge in [-0.15, -0.1) is 16.8 Å². The monoisotopic (exact) mass is 403 g/mol. The van der Waals surface area contributed by atoms with Gasteiger partial charge in [0, 0.05) is 17.3 Å². The van der Waals surface area contributed by atoms with Crippen molar-refractivity contribution in [2.24, 2.45) is 0 Å².